The fraction of sp³-hybridized carbons (Fsp3) is 0.250. The molecule has 0 amide bonds. The quantitative estimate of drug-likeness (QED) is 0.484. The van der Waals surface area contributed by atoms with Crippen molar-refractivity contribution in [3.63, 3.8) is 0 Å². The standard InChI is InChI=1S/C16H21P/c1-4-9-14-10-7-8-11-15(14)16(17,12-5-2)13-6-3/h4-8,10-11H,1-3,9,12-13,17H2. The third-order valence-electron chi connectivity index (χ3n) is 2.94. The Morgan fingerprint density at radius 3 is 2.12 bits per heavy atom. The highest BCUT2D eigenvalue weighted by molar-refractivity contribution is 7.18. The molecule has 0 radical (unpaired) electrons. The number of rotatable bonds is 7. The molecule has 1 aromatic rings. The summed E-state index contributed by atoms with van der Waals surface area (Å²) in [6.07, 6.45) is 8.66. The maximum absolute atomic E-state index is 3.86. The number of hydrogen-bond donors (Lipinski definition) is 0. The van der Waals surface area contributed by atoms with Crippen molar-refractivity contribution in [3.05, 3.63) is 73.4 Å². The molecule has 0 heterocycles. The van der Waals surface area contributed by atoms with Gasteiger partial charge < -0.3 is 0 Å². The van der Waals surface area contributed by atoms with Crippen LogP contribution in [0.2, 0.25) is 0 Å². The Hall–Kier alpha value is -1.13. The van der Waals surface area contributed by atoms with Crippen LogP contribution in [0.5, 0.6) is 0 Å². The van der Waals surface area contributed by atoms with Crippen molar-refractivity contribution in [1.29, 1.82) is 0 Å². The molecule has 17 heavy (non-hydrogen) atoms. The van der Waals surface area contributed by atoms with Crippen molar-refractivity contribution in [2.45, 2.75) is 24.4 Å². The highest BCUT2D eigenvalue weighted by Gasteiger charge is 2.25. The third-order valence-corrected chi connectivity index (χ3v) is 3.72. The van der Waals surface area contributed by atoms with E-state index in [1.54, 1.807) is 0 Å². The summed E-state index contributed by atoms with van der Waals surface area (Å²) < 4.78 is 0. The Morgan fingerprint density at radius 2 is 1.59 bits per heavy atom. The molecular weight excluding hydrogens is 223 g/mol. The van der Waals surface area contributed by atoms with Gasteiger partial charge in [0.25, 0.3) is 0 Å². The summed E-state index contributed by atoms with van der Waals surface area (Å²) >= 11 is 0. The van der Waals surface area contributed by atoms with E-state index in [-0.39, 0.29) is 5.16 Å². The van der Waals surface area contributed by atoms with Crippen molar-refractivity contribution in [2.24, 2.45) is 0 Å². The Bertz CT molecular complexity index is 394. The minimum atomic E-state index is 0.0170. The maximum atomic E-state index is 3.86. The lowest BCUT2D eigenvalue weighted by atomic mass is 9.87. The Labute approximate surface area is 107 Å². The van der Waals surface area contributed by atoms with Gasteiger partial charge in [-0.3, -0.25) is 0 Å². The molecule has 0 saturated heterocycles. The summed E-state index contributed by atoms with van der Waals surface area (Å²) in [5, 5.41) is 0.0170. The monoisotopic (exact) mass is 244 g/mol. The molecule has 90 valence electrons. The molecule has 1 atom stereocenters. The number of allylic oxidation sites excluding steroid dienone is 3. The van der Waals surface area contributed by atoms with Crippen molar-refractivity contribution < 1.29 is 0 Å². The van der Waals surface area contributed by atoms with E-state index in [0.717, 1.165) is 19.3 Å². The van der Waals surface area contributed by atoms with Crippen LogP contribution in [-0.4, -0.2) is 0 Å². The van der Waals surface area contributed by atoms with Crippen LogP contribution in [-0.2, 0) is 11.6 Å². The first-order valence-electron chi connectivity index (χ1n) is 5.88. The van der Waals surface area contributed by atoms with E-state index in [1.807, 2.05) is 18.2 Å². The predicted molar refractivity (Wildman–Crippen MR) is 81.4 cm³/mol. The molecule has 1 rings (SSSR count). The second-order valence-corrected chi connectivity index (χ2v) is 5.40. The van der Waals surface area contributed by atoms with Crippen molar-refractivity contribution in [3.8, 4) is 0 Å². The van der Waals surface area contributed by atoms with Crippen LogP contribution in [0.15, 0.2) is 62.2 Å². The summed E-state index contributed by atoms with van der Waals surface area (Å²) in [4.78, 5) is 0. The van der Waals surface area contributed by atoms with E-state index in [1.165, 1.54) is 11.1 Å². The minimum Gasteiger partial charge on any atom is -0.126 e. The first-order chi connectivity index (χ1) is 8.18. The van der Waals surface area contributed by atoms with Gasteiger partial charge in [-0.1, -0.05) is 42.5 Å². The highest BCUT2D eigenvalue weighted by atomic mass is 31.0. The molecule has 0 aliphatic rings. The van der Waals surface area contributed by atoms with Crippen molar-refractivity contribution in [2.75, 3.05) is 0 Å². The minimum absolute atomic E-state index is 0.0170. The first kappa shape index (κ1) is 13.9. The van der Waals surface area contributed by atoms with Crippen LogP contribution in [0.1, 0.15) is 24.0 Å². The molecule has 1 heteroatoms. The Kier molecular flexibility index (Phi) is 5.38. The highest BCUT2D eigenvalue weighted by Crippen LogP contribution is 2.41. The summed E-state index contributed by atoms with van der Waals surface area (Å²) in [6.45, 7) is 11.5. The van der Waals surface area contributed by atoms with Gasteiger partial charge in [0.1, 0.15) is 0 Å². The molecule has 0 spiro atoms. The van der Waals surface area contributed by atoms with Gasteiger partial charge in [-0.25, -0.2) is 0 Å². The maximum Gasteiger partial charge on any atom is 0.0169 e. The molecule has 0 N–H and O–H groups in total. The second kappa shape index (κ2) is 6.57. The second-order valence-electron chi connectivity index (χ2n) is 4.29. The van der Waals surface area contributed by atoms with Crippen molar-refractivity contribution in [1.82, 2.24) is 0 Å². The SMILES string of the molecule is C=CCc1ccccc1C(P)(CC=C)CC=C. The lowest BCUT2D eigenvalue weighted by molar-refractivity contribution is 0.637. The van der Waals surface area contributed by atoms with Crippen LogP contribution in [0.3, 0.4) is 0 Å². The zero-order valence-corrected chi connectivity index (χ0v) is 11.5. The Balaban J connectivity index is 3.20. The van der Waals surface area contributed by atoms with Crippen LogP contribution in [0, 0.1) is 0 Å². The zero-order chi connectivity index (χ0) is 12.7. The third kappa shape index (κ3) is 3.41. The average molecular weight is 244 g/mol. The van der Waals surface area contributed by atoms with Crippen LogP contribution in [0.4, 0.5) is 0 Å². The van der Waals surface area contributed by atoms with Crippen LogP contribution in [0.25, 0.3) is 0 Å². The molecule has 0 saturated carbocycles. The van der Waals surface area contributed by atoms with Gasteiger partial charge in [-0.15, -0.1) is 29.0 Å². The number of hydrogen-bond acceptors (Lipinski definition) is 0. The van der Waals surface area contributed by atoms with Gasteiger partial charge in [0.2, 0.25) is 0 Å². The molecule has 0 aromatic heterocycles. The smallest absolute Gasteiger partial charge is 0.0169 e. The van der Waals surface area contributed by atoms with Gasteiger partial charge >= 0.3 is 0 Å². The molecule has 0 aliphatic heterocycles. The Morgan fingerprint density at radius 1 is 1.00 bits per heavy atom. The van der Waals surface area contributed by atoms with Gasteiger partial charge in [-0.05, 0) is 30.4 Å². The van der Waals surface area contributed by atoms with Gasteiger partial charge in [-0.2, -0.15) is 0 Å². The molecule has 0 nitrogen and oxygen atoms in total. The van der Waals surface area contributed by atoms with Crippen LogP contribution < -0.4 is 0 Å². The summed E-state index contributed by atoms with van der Waals surface area (Å²) in [7, 11) is 2.98. The van der Waals surface area contributed by atoms with Crippen LogP contribution >= 0.6 is 9.24 Å². The van der Waals surface area contributed by atoms with E-state index in [9.17, 15) is 0 Å². The van der Waals surface area contributed by atoms with E-state index >= 15 is 0 Å². The molecule has 0 fully saturated rings. The van der Waals surface area contributed by atoms with Gasteiger partial charge in [0.15, 0.2) is 0 Å². The van der Waals surface area contributed by atoms with E-state index in [2.05, 4.69) is 53.2 Å². The normalized spacial score (nSPS) is 10.9. The molecule has 1 unspecified atom stereocenters. The lowest BCUT2D eigenvalue weighted by Crippen LogP contribution is -2.18. The van der Waals surface area contributed by atoms with E-state index in [0.29, 0.717) is 0 Å². The average Bonchev–Trinajstić information content (AvgIpc) is 2.31. The zero-order valence-electron chi connectivity index (χ0n) is 10.4. The molecule has 0 bridgehead atoms. The number of benzene rings is 1. The van der Waals surface area contributed by atoms with Gasteiger partial charge in [0.05, 0.1) is 0 Å². The topological polar surface area (TPSA) is 0 Å². The lowest BCUT2D eigenvalue weighted by Gasteiger charge is -2.30. The first-order valence-corrected chi connectivity index (χ1v) is 6.45. The van der Waals surface area contributed by atoms with Gasteiger partial charge in [0, 0.05) is 5.16 Å². The molecule has 0 aliphatic carbocycles. The van der Waals surface area contributed by atoms with E-state index < -0.39 is 0 Å². The summed E-state index contributed by atoms with van der Waals surface area (Å²) in [6, 6.07) is 8.53. The summed E-state index contributed by atoms with van der Waals surface area (Å²) in [5.74, 6) is 0. The predicted octanol–water partition coefficient (Wildman–Crippen LogP) is 4.64. The fourth-order valence-corrected chi connectivity index (χ4v) is 2.77. The fourth-order valence-electron chi connectivity index (χ4n) is 2.16. The van der Waals surface area contributed by atoms with Crippen molar-refractivity contribution >= 4 is 9.24 Å². The molecular formula is C16H21P. The largest absolute Gasteiger partial charge is 0.126 e. The summed E-state index contributed by atoms with van der Waals surface area (Å²) in [5.41, 5.74) is 2.69. The van der Waals surface area contributed by atoms with E-state index in [4.69, 9.17) is 0 Å². The molecule has 1 aromatic carbocycles.